The molecule has 2 unspecified atom stereocenters. The molecule has 2 atom stereocenters. The maximum atomic E-state index is 12.0. The van der Waals surface area contributed by atoms with Crippen LogP contribution in [0.3, 0.4) is 0 Å². The number of hydrogen-bond donors (Lipinski definition) is 1. The molecule has 0 spiro atoms. The Morgan fingerprint density at radius 2 is 2.12 bits per heavy atom. The third-order valence-electron chi connectivity index (χ3n) is 4.07. The van der Waals surface area contributed by atoms with Crippen molar-refractivity contribution in [3.63, 3.8) is 0 Å². The Hall–Kier alpha value is -0.670. The van der Waals surface area contributed by atoms with E-state index in [1.165, 1.54) is 31.2 Å². The summed E-state index contributed by atoms with van der Waals surface area (Å²) in [5.74, 6) is 1.06. The lowest BCUT2D eigenvalue weighted by atomic mass is 9.87. The van der Waals surface area contributed by atoms with E-state index in [1.807, 2.05) is 5.38 Å². The van der Waals surface area contributed by atoms with Crippen LogP contribution >= 0.6 is 11.3 Å². The third-order valence-corrected chi connectivity index (χ3v) is 4.80. The molecular weight excluding hydrogens is 230 g/mol. The monoisotopic (exact) mass is 249 g/mol. The number of fused-ring (bicyclic) bond motifs is 2. The van der Waals surface area contributed by atoms with Crippen LogP contribution in [-0.4, -0.2) is 17.9 Å². The van der Waals surface area contributed by atoms with Crippen LogP contribution in [0.15, 0.2) is 16.8 Å². The number of nitrogens with one attached hydrogen (secondary N) is 1. The number of hydrogen-bond acceptors (Lipinski definition) is 3. The SMILES string of the molecule is O=C(Cc1ccsc1)CC1CC2CCC(C1)N2. The van der Waals surface area contributed by atoms with Gasteiger partial charge >= 0.3 is 0 Å². The van der Waals surface area contributed by atoms with Crippen LogP contribution < -0.4 is 5.32 Å². The van der Waals surface area contributed by atoms with Gasteiger partial charge in [0.25, 0.3) is 0 Å². The summed E-state index contributed by atoms with van der Waals surface area (Å²) in [6, 6.07) is 3.47. The first-order chi connectivity index (χ1) is 8.29. The summed E-state index contributed by atoms with van der Waals surface area (Å²) in [7, 11) is 0. The van der Waals surface area contributed by atoms with Crippen molar-refractivity contribution in [3.05, 3.63) is 22.4 Å². The first kappa shape index (κ1) is 11.4. The van der Waals surface area contributed by atoms with Crippen LogP contribution in [0.2, 0.25) is 0 Å². The Kier molecular flexibility index (Phi) is 3.30. The third kappa shape index (κ3) is 2.78. The molecule has 0 radical (unpaired) electrons. The fourth-order valence-electron chi connectivity index (χ4n) is 3.36. The molecule has 1 aromatic heterocycles. The molecule has 2 nitrogen and oxygen atoms in total. The Labute approximate surface area is 106 Å². The van der Waals surface area contributed by atoms with E-state index in [2.05, 4.69) is 16.8 Å². The van der Waals surface area contributed by atoms with Crippen molar-refractivity contribution in [2.24, 2.45) is 5.92 Å². The molecule has 2 aliphatic rings. The van der Waals surface area contributed by atoms with Crippen LogP contribution in [0.4, 0.5) is 0 Å². The van der Waals surface area contributed by atoms with E-state index in [4.69, 9.17) is 0 Å². The van der Waals surface area contributed by atoms with Gasteiger partial charge in [0, 0.05) is 24.9 Å². The van der Waals surface area contributed by atoms with Gasteiger partial charge in [-0.25, -0.2) is 0 Å². The van der Waals surface area contributed by atoms with Gasteiger partial charge in [-0.15, -0.1) is 0 Å². The average molecular weight is 249 g/mol. The maximum Gasteiger partial charge on any atom is 0.137 e. The van der Waals surface area contributed by atoms with E-state index in [1.54, 1.807) is 11.3 Å². The van der Waals surface area contributed by atoms with Crippen LogP contribution in [0.1, 0.15) is 37.7 Å². The summed E-state index contributed by atoms with van der Waals surface area (Å²) < 4.78 is 0. The molecule has 3 rings (SSSR count). The van der Waals surface area contributed by atoms with E-state index >= 15 is 0 Å². The van der Waals surface area contributed by atoms with Crippen molar-refractivity contribution in [1.29, 1.82) is 0 Å². The van der Waals surface area contributed by atoms with Crippen molar-refractivity contribution < 1.29 is 4.79 Å². The lowest BCUT2D eigenvalue weighted by molar-refractivity contribution is -0.119. The molecule has 1 aromatic rings. The highest BCUT2D eigenvalue weighted by molar-refractivity contribution is 7.07. The molecule has 2 fully saturated rings. The van der Waals surface area contributed by atoms with Gasteiger partial charge < -0.3 is 5.32 Å². The van der Waals surface area contributed by atoms with Gasteiger partial charge in [-0.3, -0.25) is 4.79 Å². The molecule has 3 heterocycles. The molecule has 1 N–H and O–H groups in total. The smallest absolute Gasteiger partial charge is 0.137 e. The van der Waals surface area contributed by atoms with E-state index < -0.39 is 0 Å². The second-order valence-corrected chi connectivity index (χ2v) is 6.31. The zero-order valence-electron chi connectivity index (χ0n) is 10.0. The number of Topliss-reactive ketones (excluding diaryl/α,β-unsaturated/α-hetero) is 1. The summed E-state index contributed by atoms with van der Waals surface area (Å²) in [4.78, 5) is 12.0. The Morgan fingerprint density at radius 1 is 1.35 bits per heavy atom. The molecule has 0 amide bonds. The molecule has 92 valence electrons. The second-order valence-electron chi connectivity index (χ2n) is 5.53. The van der Waals surface area contributed by atoms with Gasteiger partial charge in [-0.05, 0) is 54.0 Å². The van der Waals surface area contributed by atoms with Crippen molar-refractivity contribution in [2.75, 3.05) is 0 Å². The van der Waals surface area contributed by atoms with Crippen molar-refractivity contribution in [1.82, 2.24) is 5.32 Å². The number of carbonyl (C=O) groups is 1. The van der Waals surface area contributed by atoms with Crippen LogP contribution in [0.5, 0.6) is 0 Å². The summed E-state index contributed by atoms with van der Waals surface area (Å²) in [6.45, 7) is 0. The van der Waals surface area contributed by atoms with Gasteiger partial charge in [0.1, 0.15) is 5.78 Å². The molecule has 0 saturated carbocycles. The van der Waals surface area contributed by atoms with Gasteiger partial charge in [-0.2, -0.15) is 11.3 Å². The molecular formula is C14H19NOS. The Balaban J connectivity index is 1.51. The zero-order valence-corrected chi connectivity index (χ0v) is 10.8. The zero-order chi connectivity index (χ0) is 11.7. The second kappa shape index (κ2) is 4.91. The van der Waals surface area contributed by atoms with Gasteiger partial charge in [0.15, 0.2) is 0 Å². The highest BCUT2D eigenvalue weighted by atomic mass is 32.1. The number of piperidine rings is 1. The topological polar surface area (TPSA) is 29.1 Å². The maximum absolute atomic E-state index is 12.0. The van der Waals surface area contributed by atoms with Crippen LogP contribution in [-0.2, 0) is 11.2 Å². The normalized spacial score (nSPS) is 31.6. The molecule has 2 bridgehead atoms. The summed E-state index contributed by atoms with van der Waals surface area (Å²) >= 11 is 1.68. The molecule has 0 aromatic carbocycles. The van der Waals surface area contributed by atoms with Crippen LogP contribution in [0.25, 0.3) is 0 Å². The number of rotatable bonds is 4. The summed E-state index contributed by atoms with van der Waals surface area (Å²) in [5, 5.41) is 7.77. The molecule has 2 saturated heterocycles. The summed E-state index contributed by atoms with van der Waals surface area (Å²) in [5.41, 5.74) is 1.19. The van der Waals surface area contributed by atoms with Gasteiger partial charge in [0.05, 0.1) is 0 Å². The minimum absolute atomic E-state index is 0.426. The predicted molar refractivity (Wildman–Crippen MR) is 70.3 cm³/mol. The minimum atomic E-state index is 0.426. The predicted octanol–water partition coefficient (Wildman–Crippen LogP) is 2.78. The largest absolute Gasteiger partial charge is 0.311 e. The molecule has 2 aliphatic heterocycles. The summed E-state index contributed by atoms with van der Waals surface area (Å²) in [6.07, 6.45) is 6.50. The average Bonchev–Trinajstić information content (AvgIpc) is 2.89. The number of carbonyl (C=O) groups excluding carboxylic acids is 1. The van der Waals surface area contributed by atoms with Crippen molar-refractivity contribution in [3.8, 4) is 0 Å². The lowest BCUT2D eigenvalue weighted by Crippen LogP contribution is -2.38. The lowest BCUT2D eigenvalue weighted by Gasteiger charge is -2.28. The fourth-order valence-corrected chi connectivity index (χ4v) is 4.03. The highest BCUT2D eigenvalue weighted by Gasteiger charge is 2.33. The molecule has 17 heavy (non-hydrogen) atoms. The van der Waals surface area contributed by atoms with Crippen molar-refractivity contribution in [2.45, 2.75) is 50.6 Å². The Morgan fingerprint density at radius 3 is 2.76 bits per heavy atom. The minimum Gasteiger partial charge on any atom is -0.311 e. The molecule has 0 aliphatic carbocycles. The Bertz CT molecular complexity index is 375. The van der Waals surface area contributed by atoms with E-state index in [-0.39, 0.29) is 0 Å². The van der Waals surface area contributed by atoms with E-state index in [0.717, 1.165) is 6.42 Å². The quantitative estimate of drug-likeness (QED) is 0.889. The molecule has 3 heteroatoms. The number of ketones is 1. The van der Waals surface area contributed by atoms with E-state index in [0.29, 0.717) is 30.2 Å². The fraction of sp³-hybridized carbons (Fsp3) is 0.643. The first-order valence-corrected chi connectivity index (χ1v) is 7.52. The van der Waals surface area contributed by atoms with Gasteiger partial charge in [0.2, 0.25) is 0 Å². The van der Waals surface area contributed by atoms with Gasteiger partial charge in [-0.1, -0.05) is 0 Å². The highest BCUT2D eigenvalue weighted by Crippen LogP contribution is 2.32. The van der Waals surface area contributed by atoms with Crippen LogP contribution in [0, 0.1) is 5.92 Å². The van der Waals surface area contributed by atoms with E-state index in [9.17, 15) is 4.79 Å². The van der Waals surface area contributed by atoms with Crippen molar-refractivity contribution >= 4 is 17.1 Å². The standard InChI is InChI=1S/C14H19NOS/c16-14(7-10-3-4-17-9-10)8-11-5-12-1-2-13(6-11)15-12/h3-4,9,11-13,15H,1-2,5-8H2. The number of thiophene rings is 1. The first-order valence-electron chi connectivity index (χ1n) is 6.58.